The summed E-state index contributed by atoms with van der Waals surface area (Å²) in [6.45, 7) is 2.78. The second-order valence-corrected chi connectivity index (χ2v) is 4.38. The van der Waals surface area contributed by atoms with Crippen LogP contribution in [0.25, 0.3) is 0 Å². The molecular weight excluding hydrogens is 228 g/mol. The topological polar surface area (TPSA) is 69.8 Å². The summed E-state index contributed by atoms with van der Waals surface area (Å²) in [5, 5.41) is 12.7. The quantitative estimate of drug-likeness (QED) is 0.734. The molecule has 2 rings (SSSR count). The summed E-state index contributed by atoms with van der Waals surface area (Å²) in [6.07, 6.45) is 3.67. The van der Waals surface area contributed by atoms with Crippen LogP contribution in [-0.4, -0.2) is 35.7 Å². The van der Waals surface area contributed by atoms with Gasteiger partial charge in [-0.05, 0) is 31.8 Å². The van der Waals surface area contributed by atoms with Crippen LogP contribution in [0.3, 0.4) is 0 Å². The molecule has 6 heteroatoms. The maximum absolute atomic E-state index is 11.7. The van der Waals surface area contributed by atoms with Crippen molar-refractivity contribution in [3.05, 3.63) is 16.9 Å². The van der Waals surface area contributed by atoms with Crippen molar-refractivity contribution in [1.82, 2.24) is 20.8 Å². The minimum absolute atomic E-state index is 0.155. The van der Waals surface area contributed by atoms with Gasteiger partial charge in [0.25, 0.3) is 5.91 Å². The second-order valence-electron chi connectivity index (χ2n) is 4.00. The third kappa shape index (κ3) is 2.74. The van der Waals surface area contributed by atoms with Crippen LogP contribution < -0.4 is 10.6 Å². The molecular formula is C10H15ClN4O. The van der Waals surface area contributed by atoms with E-state index in [1.807, 2.05) is 0 Å². The van der Waals surface area contributed by atoms with Crippen molar-refractivity contribution in [2.45, 2.75) is 12.8 Å². The van der Waals surface area contributed by atoms with Gasteiger partial charge >= 0.3 is 0 Å². The molecule has 1 aliphatic heterocycles. The first-order valence-electron chi connectivity index (χ1n) is 5.45. The number of H-pyrrole nitrogens is 1. The van der Waals surface area contributed by atoms with Crippen LogP contribution in [0.2, 0.25) is 5.15 Å². The molecule has 1 amide bonds. The largest absolute Gasteiger partial charge is 0.352 e. The van der Waals surface area contributed by atoms with Crippen LogP contribution >= 0.6 is 11.6 Å². The number of hydrogen-bond acceptors (Lipinski definition) is 3. The maximum atomic E-state index is 11.7. The molecule has 1 aromatic heterocycles. The highest BCUT2D eigenvalue weighted by atomic mass is 35.5. The lowest BCUT2D eigenvalue weighted by molar-refractivity contribution is 0.0944. The molecule has 0 aromatic carbocycles. The van der Waals surface area contributed by atoms with Gasteiger partial charge < -0.3 is 10.6 Å². The molecule has 1 saturated heterocycles. The third-order valence-corrected chi connectivity index (χ3v) is 3.14. The summed E-state index contributed by atoms with van der Waals surface area (Å²) in [4.78, 5) is 11.7. The van der Waals surface area contributed by atoms with Gasteiger partial charge in [-0.25, -0.2) is 0 Å². The van der Waals surface area contributed by atoms with Gasteiger partial charge in [0.15, 0.2) is 0 Å². The van der Waals surface area contributed by atoms with Crippen molar-refractivity contribution in [2.24, 2.45) is 5.92 Å². The van der Waals surface area contributed by atoms with Gasteiger partial charge in [0.05, 0.1) is 11.8 Å². The van der Waals surface area contributed by atoms with Crippen LogP contribution in [0, 0.1) is 5.92 Å². The van der Waals surface area contributed by atoms with E-state index in [0.717, 1.165) is 25.9 Å². The SMILES string of the molecule is O=C(NCC1CCNCC1)c1cn[nH]c1Cl. The summed E-state index contributed by atoms with van der Waals surface area (Å²) < 4.78 is 0. The minimum Gasteiger partial charge on any atom is -0.352 e. The summed E-state index contributed by atoms with van der Waals surface area (Å²) in [5.41, 5.74) is 0.413. The zero-order valence-electron chi connectivity index (χ0n) is 8.92. The zero-order chi connectivity index (χ0) is 11.4. The average molecular weight is 243 g/mol. The molecule has 1 fully saturated rings. The molecule has 0 aliphatic carbocycles. The standard InChI is InChI=1S/C10H15ClN4O/c11-9-8(6-14-15-9)10(16)13-5-7-1-3-12-4-2-7/h6-7,12H,1-5H2,(H,13,16)(H,14,15). The number of nitrogens with zero attached hydrogens (tertiary/aromatic N) is 1. The van der Waals surface area contributed by atoms with Gasteiger partial charge in [-0.15, -0.1) is 0 Å². The van der Waals surface area contributed by atoms with Crippen LogP contribution in [0.1, 0.15) is 23.2 Å². The highest BCUT2D eigenvalue weighted by Crippen LogP contribution is 2.12. The number of piperidine rings is 1. The number of nitrogens with one attached hydrogen (secondary N) is 3. The van der Waals surface area contributed by atoms with E-state index in [1.165, 1.54) is 6.20 Å². The number of carbonyl (C=O) groups is 1. The molecule has 2 heterocycles. The van der Waals surface area contributed by atoms with Crippen molar-refractivity contribution in [2.75, 3.05) is 19.6 Å². The van der Waals surface area contributed by atoms with Crippen molar-refractivity contribution >= 4 is 17.5 Å². The molecule has 0 bridgehead atoms. The lowest BCUT2D eigenvalue weighted by Gasteiger charge is -2.22. The molecule has 1 aliphatic rings. The Bertz CT molecular complexity index is 359. The smallest absolute Gasteiger partial charge is 0.256 e. The summed E-state index contributed by atoms with van der Waals surface area (Å²) in [5.74, 6) is 0.410. The predicted octanol–water partition coefficient (Wildman–Crippen LogP) is 0.793. The lowest BCUT2D eigenvalue weighted by atomic mass is 9.98. The first-order valence-corrected chi connectivity index (χ1v) is 5.83. The molecule has 1 aromatic rings. The van der Waals surface area contributed by atoms with Gasteiger partial charge in [-0.1, -0.05) is 11.6 Å². The van der Waals surface area contributed by atoms with E-state index in [1.54, 1.807) is 0 Å². The Morgan fingerprint density at radius 3 is 2.94 bits per heavy atom. The van der Waals surface area contributed by atoms with E-state index in [0.29, 0.717) is 23.2 Å². The highest BCUT2D eigenvalue weighted by molar-refractivity contribution is 6.32. The van der Waals surface area contributed by atoms with E-state index in [2.05, 4.69) is 20.8 Å². The van der Waals surface area contributed by atoms with Gasteiger partial charge in [0.1, 0.15) is 5.15 Å². The highest BCUT2D eigenvalue weighted by Gasteiger charge is 2.16. The van der Waals surface area contributed by atoms with E-state index >= 15 is 0 Å². The molecule has 0 unspecified atom stereocenters. The number of carbonyl (C=O) groups excluding carboxylic acids is 1. The fraction of sp³-hybridized carbons (Fsp3) is 0.600. The number of aromatic amines is 1. The molecule has 0 saturated carbocycles. The Balaban J connectivity index is 1.81. The number of hydrogen-bond donors (Lipinski definition) is 3. The Kier molecular flexibility index (Phi) is 3.79. The molecule has 16 heavy (non-hydrogen) atoms. The molecule has 0 atom stereocenters. The first kappa shape index (κ1) is 11.4. The maximum Gasteiger partial charge on any atom is 0.256 e. The number of rotatable bonds is 3. The summed E-state index contributed by atoms with van der Waals surface area (Å²) in [6, 6.07) is 0. The van der Waals surface area contributed by atoms with E-state index in [9.17, 15) is 4.79 Å². The van der Waals surface area contributed by atoms with Gasteiger partial charge in [-0.3, -0.25) is 9.89 Å². The van der Waals surface area contributed by atoms with Crippen LogP contribution in [0.4, 0.5) is 0 Å². The second kappa shape index (κ2) is 5.32. The van der Waals surface area contributed by atoms with Gasteiger partial charge in [0.2, 0.25) is 0 Å². The number of aromatic nitrogens is 2. The number of halogens is 1. The van der Waals surface area contributed by atoms with Crippen molar-refractivity contribution < 1.29 is 4.79 Å². The first-order chi connectivity index (χ1) is 7.77. The Morgan fingerprint density at radius 1 is 1.56 bits per heavy atom. The molecule has 3 N–H and O–H groups in total. The monoisotopic (exact) mass is 242 g/mol. The Hall–Kier alpha value is -1.07. The lowest BCUT2D eigenvalue weighted by Crippen LogP contribution is -2.35. The fourth-order valence-corrected chi connectivity index (χ4v) is 2.03. The van der Waals surface area contributed by atoms with Crippen molar-refractivity contribution in [1.29, 1.82) is 0 Å². The minimum atomic E-state index is -0.155. The normalized spacial score (nSPS) is 17.3. The van der Waals surface area contributed by atoms with Gasteiger partial charge in [-0.2, -0.15) is 5.10 Å². The number of amides is 1. The van der Waals surface area contributed by atoms with Crippen LogP contribution in [0.15, 0.2) is 6.20 Å². The Labute approximate surface area is 98.9 Å². The van der Waals surface area contributed by atoms with Crippen molar-refractivity contribution in [3.63, 3.8) is 0 Å². The third-order valence-electron chi connectivity index (χ3n) is 2.85. The van der Waals surface area contributed by atoms with Crippen LogP contribution in [-0.2, 0) is 0 Å². The summed E-state index contributed by atoms with van der Waals surface area (Å²) >= 11 is 5.77. The molecule has 88 valence electrons. The fourth-order valence-electron chi connectivity index (χ4n) is 1.85. The van der Waals surface area contributed by atoms with E-state index < -0.39 is 0 Å². The molecule has 0 spiro atoms. The predicted molar refractivity (Wildman–Crippen MR) is 61.5 cm³/mol. The Morgan fingerprint density at radius 2 is 2.31 bits per heavy atom. The van der Waals surface area contributed by atoms with Crippen molar-refractivity contribution in [3.8, 4) is 0 Å². The van der Waals surface area contributed by atoms with Crippen LogP contribution in [0.5, 0.6) is 0 Å². The van der Waals surface area contributed by atoms with E-state index in [-0.39, 0.29) is 5.91 Å². The van der Waals surface area contributed by atoms with Gasteiger partial charge in [0, 0.05) is 6.54 Å². The zero-order valence-corrected chi connectivity index (χ0v) is 9.68. The molecule has 5 nitrogen and oxygen atoms in total. The molecule has 0 radical (unpaired) electrons. The summed E-state index contributed by atoms with van der Waals surface area (Å²) in [7, 11) is 0. The average Bonchev–Trinajstić information content (AvgIpc) is 2.74. The van der Waals surface area contributed by atoms with E-state index in [4.69, 9.17) is 11.6 Å².